The SMILES string of the molecule is O.O=P(O)(O)O.[Ag].[Ti].[Ti]. The Balaban J connectivity index is -0.0000000133. The van der Waals surface area contributed by atoms with E-state index in [1.807, 2.05) is 0 Å². The molecule has 0 aliphatic carbocycles. The van der Waals surface area contributed by atoms with E-state index in [0.717, 1.165) is 0 Å². The van der Waals surface area contributed by atoms with E-state index in [0.29, 0.717) is 0 Å². The third kappa shape index (κ3) is 139. The Bertz CT molecular complexity index is 61.1. The Hall–Kier alpha value is 2.24. The summed E-state index contributed by atoms with van der Waals surface area (Å²) < 4.78 is 8.88. The molecule has 0 amide bonds. The van der Waals surface area contributed by atoms with Gasteiger partial charge >= 0.3 is 7.82 Å². The molecule has 0 bridgehead atoms. The summed E-state index contributed by atoms with van der Waals surface area (Å²) in [5.74, 6) is 0. The molecule has 0 aromatic carbocycles. The van der Waals surface area contributed by atoms with Gasteiger partial charge in [0.2, 0.25) is 0 Å². The average molecular weight is 320 g/mol. The van der Waals surface area contributed by atoms with Crippen molar-refractivity contribution in [2.24, 2.45) is 0 Å². The van der Waals surface area contributed by atoms with Gasteiger partial charge < -0.3 is 20.2 Å². The Kier molecular flexibility index (Phi) is 43.3. The molecule has 0 aromatic heterocycles. The van der Waals surface area contributed by atoms with Crippen LogP contribution in [0.15, 0.2) is 0 Å². The minimum atomic E-state index is -4.64. The Morgan fingerprint density at radius 3 is 1.00 bits per heavy atom. The predicted octanol–water partition coefficient (Wildman–Crippen LogP) is -1.76. The second kappa shape index (κ2) is 12.9. The van der Waals surface area contributed by atoms with Gasteiger partial charge in [-0.2, -0.15) is 0 Å². The molecule has 0 heterocycles. The third-order valence-electron chi connectivity index (χ3n) is 0. The van der Waals surface area contributed by atoms with Crippen molar-refractivity contribution < 1.29 is 90.5 Å². The van der Waals surface area contributed by atoms with Crippen molar-refractivity contribution in [2.75, 3.05) is 0 Å². The molecule has 5 nitrogen and oxygen atoms in total. The standard InChI is InChI=1S/Ag.H3O4P.H2O.2Ti/c;1-5(2,3)4;;;/h;(H3,1,2,3,4);1H2;;. The van der Waals surface area contributed by atoms with E-state index in [2.05, 4.69) is 0 Å². The molecule has 59 valence electrons. The van der Waals surface area contributed by atoms with Crippen molar-refractivity contribution in [3.05, 3.63) is 0 Å². The molecule has 9 heavy (non-hydrogen) atoms. The van der Waals surface area contributed by atoms with Crippen LogP contribution >= 0.6 is 7.82 Å². The van der Waals surface area contributed by atoms with Gasteiger partial charge in [0, 0.05) is 65.8 Å². The van der Waals surface area contributed by atoms with Crippen molar-refractivity contribution in [3.8, 4) is 0 Å². The van der Waals surface area contributed by atoms with Crippen LogP contribution in [0, 0.1) is 0 Å². The molecule has 9 heteroatoms. The minimum Gasteiger partial charge on any atom is -0.412 e. The van der Waals surface area contributed by atoms with Crippen LogP contribution in [0.2, 0.25) is 0 Å². The van der Waals surface area contributed by atoms with E-state index < -0.39 is 7.82 Å². The van der Waals surface area contributed by atoms with Crippen molar-refractivity contribution in [2.45, 2.75) is 0 Å². The zero-order chi connectivity index (χ0) is 4.50. The average Bonchev–Trinajstić information content (AvgIpc) is 0.722. The summed E-state index contributed by atoms with van der Waals surface area (Å²) in [6.45, 7) is 0. The van der Waals surface area contributed by atoms with E-state index in [-0.39, 0.29) is 71.3 Å². The zero-order valence-electron chi connectivity index (χ0n) is 4.00. The van der Waals surface area contributed by atoms with Crippen LogP contribution in [0.5, 0.6) is 0 Å². The van der Waals surface area contributed by atoms with Crippen molar-refractivity contribution in [1.82, 2.24) is 0 Å². The largest absolute Gasteiger partial charge is 0.466 e. The summed E-state index contributed by atoms with van der Waals surface area (Å²) >= 11 is 0. The zero-order valence-corrected chi connectivity index (χ0v) is 9.50. The van der Waals surface area contributed by atoms with Crippen LogP contribution in [-0.2, 0) is 70.4 Å². The van der Waals surface area contributed by atoms with E-state index in [1.54, 1.807) is 0 Å². The van der Waals surface area contributed by atoms with Gasteiger partial charge in [0.1, 0.15) is 0 Å². The molecule has 0 saturated heterocycles. The first-order valence-electron chi connectivity index (χ1n) is 0.783. The van der Waals surface area contributed by atoms with Gasteiger partial charge in [0.05, 0.1) is 0 Å². The van der Waals surface area contributed by atoms with Crippen LogP contribution in [-0.4, -0.2) is 20.2 Å². The number of hydrogen-bond acceptors (Lipinski definition) is 1. The summed E-state index contributed by atoms with van der Waals surface area (Å²) in [6.07, 6.45) is 0. The molecule has 0 aromatic rings. The van der Waals surface area contributed by atoms with Crippen LogP contribution in [0.25, 0.3) is 0 Å². The second-order valence-electron chi connectivity index (χ2n) is 0.513. The van der Waals surface area contributed by atoms with Crippen LogP contribution < -0.4 is 0 Å². The van der Waals surface area contributed by atoms with Gasteiger partial charge in [0.15, 0.2) is 0 Å². The Morgan fingerprint density at radius 1 is 1.00 bits per heavy atom. The third-order valence-corrected chi connectivity index (χ3v) is 0. The first kappa shape index (κ1) is 30.3. The maximum atomic E-state index is 8.88. The summed E-state index contributed by atoms with van der Waals surface area (Å²) in [5.41, 5.74) is 0. The van der Waals surface area contributed by atoms with E-state index >= 15 is 0 Å². The summed E-state index contributed by atoms with van der Waals surface area (Å²) in [7, 11) is -4.64. The normalized spacial score (nSPS) is 6.56. The van der Waals surface area contributed by atoms with Gasteiger partial charge in [-0.25, -0.2) is 4.57 Å². The van der Waals surface area contributed by atoms with Gasteiger partial charge in [0.25, 0.3) is 0 Å². The minimum absolute atomic E-state index is 0. The fraction of sp³-hybridized carbons (Fsp3) is 0. The van der Waals surface area contributed by atoms with Gasteiger partial charge in [-0.3, -0.25) is 0 Å². The van der Waals surface area contributed by atoms with Crippen molar-refractivity contribution in [1.29, 1.82) is 0 Å². The van der Waals surface area contributed by atoms with Crippen LogP contribution in [0.3, 0.4) is 0 Å². The van der Waals surface area contributed by atoms with Crippen molar-refractivity contribution >= 4 is 7.82 Å². The van der Waals surface area contributed by atoms with Crippen LogP contribution in [0.1, 0.15) is 0 Å². The molecular formula is H5AgO5PTi2. The summed E-state index contributed by atoms with van der Waals surface area (Å²) in [4.78, 5) is 21.6. The van der Waals surface area contributed by atoms with E-state index in [1.165, 1.54) is 0 Å². The maximum Gasteiger partial charge on any atom is 0.466 e. The van der Waals surface area contributed by atoms with Crippen molar-refractivity contribution in [3.63, 3.8) is 0 Å². The molecule has 0 saturated carbocycles. The molecule has 0 fully saturated rings. The predicted molar refractivity (Wildman–Crippen MR) is 17.9 cm³/mol. The second-order valence-corrected chi connectivity index (χ2v) is 1.54. The summed E-state index contributed by atoms with van der Waals surface area (Å²) in [6, 6.07) is 0. The fourth-order valence-corrected chi connectivity index (χ4v) is 0. The molecule has 0 unspecified atom stereocenters. The molecule has 0 spiro atoms. The molecular weight excluding hydrogens is 315 g/mol. The fourth-order valence-electron chi connectivity index (χ4n) is 0. The topological polar surface area (TPSA) is 109 Å². The molecule has 0 aliphatic rings. The first-order chi connectivity index (χ1) is 2.00. The monoisotopic (exact) mass is 319 g/mol. The van der Waals surface area contributed by atoms with Crippen LogP contribution in [0.4, 0.5) is 0 Å². The first-order valence-corrected chi connectivity index (χ1v) is 2.35. The number of rotatable bonds is 0. The smallest absolute Gasteiger partial charge is 0.412 e. The van der Waals surface area contributed by atoms with Gasteiger partial charge in [-0.05, 0) is 0 Å². The number of phosphoric acid groups is 1. The Labute approximate surface area is 97.4 Å². The van der Waals surface area contributed by atoms with E-state index in [9.17, 15) is 0 Å². The Morgan fingerprint density at radius 2 is 1.00 bits per heavy atom. The summed E-state index contributed by atoms with van der Waals surface area (Å²) in [5, 5.41) is 0. The molecule has 5 N–H and O–H groups in total. The quantitative estimate of drug-likeness (QED) is 0.363. The molecule has 0 rings (SSSR count). The molecule has 1 radical (unpaired) electrons. The molecule has 0 aliphatic heterocycles. The van der Waals surface area contributed by atoms with E-state index in [4.69, 9.17) is 19.2 Å². The van der Waals surface area contributed by atoms with Gasteiger partial charge in [-0.1, -0.05) is 0 Å². The molecule has 0 atom stereocenters. The maximum absolute atomic E-state index is 8.88. The number of hydrogen-bond donors (Lipinski definition) is 3. The van der Waals surface area contributed by atoms with Gasteiger partial charge in [-0.15, -0.1) is 0 Å².